The molecule has 1 aromatic heterocycles. The summed E-state index contributed by atoms with van der Waals surface area (Å²) in [5, 5.41) is 4.66. The Morgan fingerprint density at radius 3 is 2.86 bits per heavy atom. The van der Waals surface area contributed by atoms with Gasteiger partial charge < -0.3 is 0 Å². The molecule has 0 unspecified atom stereocenters. The number of hydrogen-bond acceptors (Lipinski definition) is 2. The van der Waals surface area contributed by atoms with E-state index in [0.717, 1.165) is 6.04 Å². The molecule has 3 rings (SSSR count). The normalized spacial score (nSPS) is 30.8. The molecule has 3 nitrogen and oxygen atoms in total. The molecule has 2 aliphatic heterocycles. The molecular weight excluding hydrogens is 174 g/mol. The summed E-state index contributed by atoms with van der Waals surface area (Å²) in [5.41, 5.74) is 4.24. The van der Waals surface area contributed by atoms with Gasteiger partial charge in [-0.3, -0.25) is 9.58 Å². The molecule has 2 atom stereocenters. The lowest BCUT2D eigenvalue weighted by Gasteiger charge is -2.30. The lowest BCUT2D eigenvalue weighted by Crippen LogP contribution is -2.34. The molecule has 0 spiro atoms. The molecule has 0 saturated carbocycles. The topological polar surface area (TPSA) is 21.1 Å². The van der Waals surface area contributed by atoms with Crippen molar-refractivity contribution < 1.29 is 0 Å². The molecule has 3 heterocycles. The average molecular weight is 191 g/mol. The van der Waals surface area contributed by atoms with Crippen LogP contribution in [0, 0.1) is 6.92 Å². The highest BCUT2D eigenvalue weighted by atomic mass is 15.3. The highest BCUT2D eigenvalue weighted by Gasteiger charge is 2.40. The van der Waals surface area contributed by atoms with E-state index >= 15 is 0 Å². The molecule has 0 N–H and O–H groups in total. The highest BCUT2D eigenvalue weighted by molar-refractivity contribution is 5.33. The van der Waals surface area contributed by atoms with E-state index < -0.39 is 0 Å². The Kier molecular flexibility index (Phi) is 1.57. The third kappa shape index (κ3) is 0.883. The predicted molar refractivity (Wildman–Crippen MR) is 55.2 cm³/mol. The first-order valence-corrected chi connectivity index (χ1v) is 5.43. The molecule has 1 aromatic rings. The van der Waals surface area contributed by atoms with E-state index in [1.54, 1.807) is 0 Å². The molecule has 14 heavy (non-hydrogen) atoms. The van der Waals surface area contributed by atoms with Crippen molar-refractivity contribution in [1.82, 2.24) is 14.7 Å². The molecule has 76 valence electrons. The average Bonchev–Trinajstić information content (AvgIpc) is 2.57. The summed E-state index contributed by atoms with van der Waals surface area (Å²) >= 11 is 0. The fourth-order valence-corrected chi connectivity index (χ4v) is 3.02. The lowest BCUT2D eigenvalue weighted by atomic mass is 9.99. The minimum absolute atomic E-state index is 0.601. The van der Waals surface area contributed by atoms with Gasteiger partial charge in [0.1, 0.15) is 0 Å². The molecule has 0 radical (unpaired) electrons. The van der Waals surface area contributed by atoms with E-state index in [4.69, 9.17) is 0 Å². The zero-order chi connectivity index (χ0) is 9.87. The fraction of sp³-hybridized carbons (Fsp3) is 0.727. The van der Waals surface area contributed by atoms with Crippen LogP contribution in [0.15, 0.2) is 0 Å². The van der Waals surface area contributed by atoms with Crippen molar-refractivity contribution in [3.05, 3.63) is 17.0 Å². The predicted octanol–water partition coefficient (Wildman–Crippen LogP) is 1.42. The fourth-order valence-electron chi connectivity index (χ4n) is 3.02. The second kappa shape index (κ2) is 2.60. The molecule has 2 bridgehead atoms. The van der Waals surface area contributed by atoms with Crippen LogP contribution in [0.3, 0.4) is 0 Å². The van der Waals surface area contributed by atoms with Gasteiger partial charge in [0, 0.05) is 18.8 Å². The quantitative estimate of drug-likeness (QED) is 0.618. The van der Waals surface area contributed by atoms with E-state index in [1.165, 1.54) is 36.2 Å². The molecule has 1 fully saturated rings. The Balaban J connectivity index is 2.15. The number of rotatable bonds is 0. The van der Waals surface area contributed by atoms with E-state index in [9.17, 15) is 0 Å². The van der Waals surface area contributed by atoms with Crippen molar-refractivity contribution in [2.75, 3.05) is 7.05 Å². The highest BCUT2D eigenvalue weighted by Crippen LogP contribution is 2.42. The van der Waals surface area contributed by atoms with Crippen molar-refractivity contribution >= 4 is 0 Å². The van der Waals surface area contributed by atoms with Crippen LogP contribution in [0.2, 0.25) is 0 Å². The van der Waals surface area contributed by atoms with Crippen molar-refractivity contribution in [2.45, 2.75) is 38.3 Å². The SMILES string of the molecule is Cc1c2c(nn1C)[C@@H]1CC[C@H](C2)N1C. The summed E-state index contributed by atoms with van der Waals surface area (Å²) in [5.74, 6) is 0. The maximum Gasteiger partial charge on any atom is 0.0831 e. The van der Waals surface area contributed by atoms with Crippen molar-refractivity contribution in [2.24, 2.45) is 7.05 Å². The zero-order valence-electron chi connectivity index (χ0n) is 9.12. The number of likely N-dealkylation sites (N-methyl/N-ethyl adjacent to an activating group) is 1. The summed E-state index contributed by atoms with van der Waals surface area (Å²) in [6, 6.07) is 1.37. The Morgan fingerprint density at radius 2 is 2.07 bits per heavy atom. The number of aryl methyl sites for hydroxylation is 1. The van der Waals surface area contributed by atoms with Gasteiger partial charge >= 0.3 is 0 Å². The third-order valence-electron chi connectivity index (χ3n) is 4.09. The van der Waals surface area contributed by atoms with Gasteiger partial charge in [0.25, 0.3) is 0 Å². The van der Waals surface area contributed by atoms with E-state index in [0.29, 0.717) is 6.04 Å². The van der Waals surface area contributed by atoms with Crippen LogP contribution in [-0.4, -0.2) is 27.8 Å². The van der Waals surface area contributed by atoms with Crippen LogP contribution >= 0.6 is 0 Å². The smallest absolute Gasteiger partial charge is 0.0831 e. The van der Waals surface area contributed by atoms with Crippen LogP contribution in [0.4, 0.5) is 0 Å². The Bertz CT molecular complexity index is 380. The van der Waals surface area contributed by atoms with Gasteiger partial charge in [-0.2, -0.15) is 5.10 Å². The summed E-state index contributed by atoms with van der Waals surface area (Å²) in [6.07, 6.45) is 3.85. The Labute approximate surface area is 84.7 Å². The summed E-state index contributed by atoms with van der Waals surface area (Å²) in [4.78, 5) is 2.51. The van der Waals surface area contributed by atoms with Gasteiger partial charge in [-0.25, -0.2) is 0 Å². The summed E-state index contributed by atoms with van der Waals surface area (Å²) in [7, 11) is 4.30. The Morgan fingerprint density at radius 1 is 1.29 bits per heavy atom. The van der Waals surface area contributed by atoms with Crippen LogP contribution < -0.4 is 0 Å². The van der Waals surface area contributed by atoms with Gasteiger partial charge in [-0.15, -0.1) is 0 Å². The first-order chi connectivity index (χ1) is 6.68. The van der Waals surface area contributed by atoms with E-state index in [1.807, 2.05) is 4.68 Å². The first kappa shape index (κ1) is 8.48. The second-order valence-corrected chi connectivity index (χ2v) is 4.69. The molecule has 3 heteroatoms. The maximum absolute atomic E-state index is 4.66. The van der Waals surface area contributed by atoms with Crippen molar-refractivity contribution in [3.8, 4) is 0 Å². The maximum atomic E-state index is 4.66. The standard InChI is InChI=1S/C11H17N3/c1-7-9-6-8-4-5-10(13(8)2)11(9)12-14(7)3/h8,10H,4-6H2,1-3H3/t8-,10+/m1/s1. The summed E-state index contributed by atoms with van der Waals surface area (Å²) < 4.78 is 2.04. The van der Waals surface area contributed by atoms with Crippen LogP contribution in [-0.2, 0) is 13.5 Å². The third-order valence-corrected chi connectivity index (χ3v) is 4.09. The van der Waals surface area contributed by atoms with Gasteiger partial charge in [-0.1, -0.05) is 0 Å². The van der Waals surface area contributed by atoms with Gasteiger partial charge in [0.05, 0.1) is 11.7 Å². The molecule has 0 aromatic carbocycles. The van der Waals surface area contributed by atoms with Gasteiger partial charge in [-0.05, 0) is 38.8 Å². The molecular formula is C11H17N3. The number of fused-ring (bicyclic) bond motifs is 4. The van der Waals surface area contributed by atoms with Crippen LogP contribution in [0.5, 0.6) is 0 Å². The van der Waals surface area contributed by atoms with E-state index in [-0.39, 0.29) is 0 Å². The van der Waals surface area contributed by atoms with Crippen molar-refractivity contribution in [3.63, 3.8) is 0 Å². The van der Waals surface area contributed by atoms with Gasteiger partial charge in [0.15, 0.2) is 0 Å². The number of aromatic nitrogens is 2. The molecule has 0 aliphatic carbocycles. The monoisotopic (exact) mass is 191 g/mol. The minimum atomic E-state index is 0.601. The van der Waals surface area contributed by atoms with Gasteiger partial charge in [0.2, 0.25) is 0 Å². The summed E-state index contributed by atoms with van der Waals surface area (Å²) in [6.45, 7) is 2.19. The zero-order valence-corrected chi connectivity index (χ0v) is 9.12. The second-order valence-electron chi connectivity index (χ2n) is 4.69. The first-order valence-electron chi connectivity index (χ1n) is 5.43. The van der Waals surface area contributed by atoms with E-state index in [2.05, 4.69) is 31.0 Å². The lowest BCUT2D eigenvalue weighted by molar-refractivity contribution is 0.220. The van der Waals surface area contributed by atoms with Crippen molar-refractivity contribution in [1.29, 1.82) is 0 Å². The number of hydrogen-bond donors (Lipinski definition) is 0. The van der Waals surface area contributed by atoms with Crippen LogP contribution in [0.1, 0.15) is 35.8 Å². The molecule has 1 saturated heterocycles. The van der Waals surface area contributed by atoms with Crippen LogP contribution in [0.25, 0.3) is 0 Å². The molecule has 2 aliphatic rings. The molecule has 0 amide bonds. The largest absolute Gasteiger partial charge is 0.294 e. The Hall–Kier alpha value is -0.830. The number of nitrogens with zero attached hydrogens (tertiary/aromatic N) is 3. The minimum Gasteiger partial charge on any atom is -0.294 e.